The van der Waals surface area contributed by atoms with Gasteiger partial charge in [0.1, 0.15) is 0 Å². The van der Waals surface area contributed by atoms with E-state index < -0.39 is 0 Å². The molecule has 19 heavy (non-hydrogen) atoms. The van der Waals surface area contributed by atoms with E-state index in [2.05, 4.69) is 10.1 Å². The van der Waals surface area contributed by atoms with Gasteiger partial charge in [-0.2, -0.15) is 0 Å². The summed E-state index contributed by atoms with van der Waals surface area (Å²) in [5.74, 6) is -0.312. The van der Waals surface area contributed by atoms with Crippen molar-refractivity contribution in [3.8, 4) is 0 Å². The minimum atomic E-state index is -0.342. The van der Waals surface area contributed by atoms with Crippen LogP contribution in [0.4, 0.5) is 0 Å². The lowest BCUT2D eigenvalue weighted by molar-refractivity contribution is -0.141. The maximum Gasteiger partial charge on any atom is 0.307 e. The molecule has 2 unspecified atom stereocenters. The highest BCUT2D eigenvalue weighted by Crippen LogP contribution is 2.22. The summed E-state index contributed by atoms with van der Waals surface area (Å²) in [6.45, 7) is 2.38. The molecule has 5 nitrogen and oxygen atoms in total. The number of thiophene rings is 1. The van der Waals surface area contributed by atoms with Crippen LogP contribution in [-0.2, 0) is 14.3 Å². The number of methoxy groups -OCH3 is 1. The van der Waals surface area contributed by atoms with Gasteiger partial charge < -0.3 is 15.8 Å². The molecule has 3 N–H and O–H groups in total. The van der Waals surface area contributed by atoms with E-state index in [1.807, 2.05) is 24.4 Å². The molecule has 0 aromatic carbocycles. The van der Waals surface area contributed by atoms with E-state index in [4.69, 9.17) is 5.73 Å². The molecule has 0 saturated carbocycles. The Morgan fingerprint density at radius 1 is 1.47 bits per heavy atom. The molecule has 0 aliphatic carbocycles. The van der Waals surface area contributed by atoms with Crippen molar-refractivity contribution in [3.05, 3.63) is 22.4 Å². The molecule has 2 atom stereocenters. The van der Waals surface area contributed by atoms with Gasteiger partial charge in [0.25, 0.3) is 0 Å². The molecular weight excluding hydrogens is 264 g/mol. The van der Waals surface area contributed by atoms with Crippen molar-refractivity contribution < 1.29 is 14.3 Å². The van der Waals surface area contributed by atoms with Crippen LogP contribution in [0.1, 0.15) is 30.7 Å². The van der Waals surface area contributed by atoms with Crippen molar-refractivity contribution in [3.63, 3.8) is 0 Å². The summed E-state index contributed by atoms with van der Waals surface area (Å²) in [6, 6.07) is 3.45. The van der Waals surface area contributed by atoms with E-state index in [0.29, 0.717) is 13.0 Å². The minimum absolute atomic E-state index is 0.0970. The Morgan fingerprint density at radius 2 is 2.21 bits per heavy atom. The number of ether oxygens (including phenoxy) is 1. The van der Waals surface area contributed by atoms with Gasteiger partial charge in [0.05, 0.1) is 19.6 Å². The standard InChI is InChI=1S/C13H20N2O3S/c1-9(8-14)6-12(16)15-10(7-13(17)18-2)11-4-3-5-19-11/h3-5,9-10H,6-8,14H2,1-2H3,(H,15,16). The molecule has 0 radical (unpaired) electrons. The topological polar surface area (TPSA) is 81.4 Å². The van der Waals surface area contributed by atoms with Crippen LogP contribution in [0.15, 0.2) is 17.5 Å². The highest BCUT2D eigenvalue weighted by molar-refractivity contribution is 7.10. The number of carbonyl (C=O) groups is 2. The van der Waals surface area contributed by atoms with E-state index in [1.165, 1.54) is 18.4 Å². The Kier molecular flexibility index (Phi) is 6.52. The molecular formula is C13H20N2O3S. The summed E-state index contributed by atoms with van der Waals surface area (Å²) in [7, 11) is 1.34. The number of nitrogens with two attached hydrogens (primary N) is 1. The predicted molar refractivity (Wildman–Crippen MR) is 74.7 cm³/mol. The number of amides is 1. The maximum absolute atomic E-state index is 11.9. The molecule has 1 aromatic heterocycles. The van der Waals surface area contributed by atoms with Crippen LogP contribution in [0.5, 0.6) is 0 Å². The third kappa shape index (κ3) is 5.40. The molecule has 1 heterocycles. The zero-order chi connectivity index (χ0) is 14.3. The number of rotatable bonds is 7. The van der Waals surface area contributed by atoms with Gasteiger partial charge in [-0.3, -0.25) is 9.59 Å². The molecule has 1 aromatic rings. The number of hydrogen-bond donors (Lipinski definition) is 2. The molecule has 1 amide bonds. The highest BCUT2D eigenvalue weighted by Gasteiger charge is 2.20. The maximum atomic E-state index is 11.9. The molecule has 0 saturated heterocycles. The Labute approximate surface area is 117 Å². The molecule has 0 spiro atoms. The van der Waals surface area contributed by atoms with E-state index in [9.17, 15) is 9.59 Å². The Bertz CT molecular complexity index is 406. The van der Waals surface area contributed by atoms with Crippen molar-refractivity contribution in [1.82, 2.24) is 5.32 Å². The van der Waals surface area contributed by atoms with Gasteiger partial charge in [-0.05, 0) is 23.9 Å². The lowest BCUT2D eigenvalue weighted by Gasteiger charge is -2.17. The number of nitrogens with one attached hydrogen (secondary N) is 1. The summed E-state index contributed by atoms with van der Waals surface area (Å²) in [6.07, 6.45) is 0.499. The van der Waals surface area contributed by atoms with Gasteiger partial charge in [-0.25, -0.2) is 0 Å². The van der Waals surface area contributed by atoms with Crippen molar-refractivity contribution in [2.75, 3.05) is 13.7 Å². The summed E-state index contributed by atoms with van der Waals surface area (Å²) >= 11 is 1.50. The normalized spacial score (nSPS) is 13.6. The Hall–Kier alpha value is -1.40. The van der Waals surface area contributed by atoms with E-state index >= 15 is 0 Å². The zero-order valence-electron chi connectivity index (χ0n) is 11.2. The van der Waals surface area contributed by atoms with Gasteiger partial charge in [-0.15, -0.1) is 11.3 Å². The zero-order valence-corrected chi connectivity index (χ0v) is 12.0. The van der Waals surface area contributed by atoms with E-state index in [1.54, 1.807) is 0 Å². The van der Waals surface area contributed by atoms with Crippen LogP contribution in [0.2, 0.25) is 0 Å². The van der Waals surface area contributed by atoms with Gasteiger partial charge >= 0.3 is 5.97 Å². The fourth-order valence-corrected chi connectivity index (χ4v) is 2.39. The summed E-state index contributed by atoms with van der Waals surface area (Å²) in [5, 5.41) is 4.78. The summed E-state index contributed by atoms with van der Waals surface area (Å²) in [5.41, 5.74) is 5.50. The van der Waals surface area contributed by atoms with E-state index in [-0.39, 0.29) is 30.3 Å². The third-order valence-corrected chi connectivity index (χ3v) is 3.74. The van der Waals surface area contributed by atoms with Crippen LogP contribution < -0.4 is 11.1 Å². The lowest BCUT2D eigenvalue weighted by atomic mass is 10.1. The van der Waals surface area contributed by atoms with Gasteiger partial charge in [0.15, 0.2) is 0 Å². The Morgan fingerprint density at radius 3 is 2.74 bits per heavy atom. The monoisotopic (exact) mass is 284 g/mol. The SMILES string of the molecule is COC(=O)CC(NC(=O)CC(C)CN)c1cccs1. The fraction of sp³-hybridized carbons (Fsp3) is 0.538. The largest absolute Gasteiger partial charge is 0.469 e. The molecule has 0 aliphatic heterocycles. The lowest BCUT2D eigenvalue weighted by Crippen LogP contribution is -2.32. The van der Waals surface area contributed by atoms with Crippen molar-refractivity contribution in [2.45, 2.75) is 25.8 Å². The van der Waals surface area contributed by atoms with Gasteiger partial charge in [0, 0.05) is 11.3 Å². The number of esters is 1. The van der Waals surface area contributed by atoms with Crippen molar-refractivity contribution in [2.24, 2.45) is 11.7 Å². The molecule has 106 valence electrons. The van der Waals surface area contributed by atoms with Crippen LogP contribution in [-0.4, -0.2) is 25.5 Å². The van der Waals surface area contributed by atoms with Gasteiger partial charge in [0.2, 0.25) is 5.91 Å². The van der Waals surface area contributed by atoms with Crippen molar-refractivity contribution >= 4 is 23.2 Å². The first kappa shape index (κ1) is 15.7. The molecule has 1 rings (SSSR count). The second kappa shape index (κ2) is 7.91. The first-order valence-corrected chi connectivity index (χ1v) is 7.04. The fourth-order valence-electron chi connectivity index (χ4n) is 1.62. The number of carbonyl (C=O) groups excluding carboxylic acids is 2. The quantitative estimate of drug-likeness (QED) is 0.743. The Balaban J connectivity index is 2.64. The number of hydrogen-bond acceptors (Lipinski definition) is 5. The average molecular weight is 284 g/mol. The predicted octanol–water partition coefficient (Wildman–Crippen LogP) is 1.45. The smallest absolute Gasteiger partial charge is 0.307 e. The average Bonchev–Trinajstić information content (AvgIpc) is 2.91. The van der Waals surface area contributed by atoms with Crippen LogP contribution in [0.25, 0.3) is 0 Å². The minimum Gasteiger partial charge on any atom is -0.469 e. The molecule has 0 fully saturated rings. The second-order valence-electron chi connectivity index (χ2n) is 4.46. The second-order valence-corrected chi connectivity index (χ2v) is 5.44. The molecule has 6 heteroatoms. The van der Waals surface area contributed by atoms with Crippen LogP contribution in [0, 0.1) is 5.92 Å². The summed E-state index contributed by atoms with van der Waals surface area (Å²) in [4.78, 5) is 24.2. The first-order chi connectivity index (χ1) is 9.06. The highest BCUT2D eigenvalue weighted by atomic mass is 32.1. The third-order valence-electron chi connectivity index (χ3n) is 2.76. The van der Waals surface area contributed by atoms with Crippen molar-refractivity contribution in [1.29, 1.82) is 0 Å². The van der Waals surface area contributed by atoms with Crippen LogP contribution >= 0.6 is 11.3 Å². The van der Waals surface area contributed by atoms with Gasteiger partial charge in [-0.1, -0.05) is 13.0 Å². The van der Waals surface area contributed by atoms with E-state index in [0.717, 1.165) is 4.88 Å². The first-order valence-electron chi connectivity index (χ1n) is 6.16. The molecule has 0 aliphatic rings. The summed E-state index contributed by atoms with van der Waals surface area (Å²) < 4.78 is 4.66. The van der Waals surface area contributed by atoms with Crippen LogP contribution in [0.3, 0.4) is 0 Å². The molecule has 0 bridgehead atoms.